The topological polar surface area (TPSA) is 52.6 Å². The number of hydrogen-bond acceptors (Lipinski definition) is 3. The molecule has 2 aromatic rings. The molecule has 0 radical (unpaired) electrons. The Morgan fingerprint density at radius 3 is 2.66 bits per heavy atom. The molecule has 0 spiro atoms. The van der Waals surface area contributed by atoms with Gasteiger partial charge < -0.3 is 10.6 Å². The lowest BCUT2D eigenvalue weighted by Crippen LogP contribution is -2.37. The van der Waals surface area contributed by atoms with E-state index in [1.807, 2.05) is 24.4 Å². The number of hydrogen-bond donors (Lipinski definition) is 2. The van der Waals surface area contributed by atoms with Gasteiger partial charge in [0.25, 0.3) is 0 Å². The molecule has 2 N–H and O–H groups in total. The number of rotatable bonds is 7. The van der Waals surface area contributed by atoms with Crippen LogP contribution in [0.1, 0.15) is 43.5 Å². The Labute approximate surface area is 192 Å². The minimum atomic E-state index is 0. The Morgan fingerprint density at radius 2 is 1.93 bits per heavy atom. The molecule has 1 fully saturated rings. The number of aromatic nitrogens is 1. The fourth-order valence-electron chi connectivity index (χ4n) is 3.72. The molecule has 29 heavy (non-hydrogen) atoms. The molecule has 6 heteroatoms. The standard InChI is InChI=1S/C23H33N5.HI/c1-3-24-23(27-16-22-12-6-7-13-25-22)26-15-20-10-4-5-11-21(20)18-28-14-8-9-19(2)17-28;/h4-7,10-13,19H,3,8-9,14-18H2,1-2H3,(H2,24,26,27);1H. The maximum Gasteiger partial charge on any atom is 0.191 e. The van der Waals surface area contributed by atoms with Gasteiger partial charge in [0, 0.05) is 25.8 Å². The fourth-order valence-corrected chi connectivity index (χ4v) is 3.72. The van der Waals surface area contributed by atoms with Gasteiger partial charge in [0.15, 0.2) is 5.96 Å². The smallest absolute Gasteiger partial charge is 0.191 e. The van der Waals surface area contributed by atoms with E-state index in [1.165, 1.54) is 37.1 Å². The van der Waals surface area contributed by atoms with Crippen LogP contribution in [0.5, 0.6) is 0 Å². The van der Waals surface area contributed by atoms with Crippen molar-refractivity contribution in [3.63, 3.8) is 0 Å². The average Bonchev–Trinajstić information content (AvgIpc) is 2.72. The Kier molecular flexibility index (Phi) is 10.4. The molecule has 158 valence electrons. The zero-order valence-electron chi connectivity index (χ0n) is 17.6. The number of guanidine groups is 1. The third kappa shape index (κ3) is 7.93. The summed E-state index contributed by atoms with van der Waals surface area (Å²) in [4.78, 5) is 11.8. The number of aliphatic imine (C=N–C) groups is 1. The number of nitrogens with zero attached hydrogens (tertiary/aromatic N) is 3. The largest absolute Gasteiger partial charge is 0.357 e. The van der Waals surface area contributed by atoms with Crippen LogP contribution in [0.15, 0.2) is 53.7 Å². The van der Waals surface area contributed by atoms with Crippen molar-refractivity contribution < 1.29 is 0 Å². The lowest BCUT2D eigenvalue weighted by molar-refractivity contribution is 0.176. The first kappa shape index (κ1) is 23.6. The summed E-state index contributed by atoms with van der Waals surface area (Å²) in [6.07, 6.45) is 4.48. The Balaban J connectivity index is 0.00000300. The highest BCUT2D eigenvalue weighted by atomic mass is 127. The first-order chi connectivity index (χ1) is 13.7. The van der Waals surface area contributed by atoms with E-state index in [0.29, 0.717) is 13.1 Å². The summed E-state index contributed by atoms with van der Waals surface area (Å²) in [7, 11) is 0. The maximum absolute atomic E-state index is 4.82. The van der Waals surface area contributed by atoms with E-state index < -0.39 is 0 Å². The van der Waals surface area contributed by atoms with Crippen molar-refractivity contribution in [1.82, 2.24) is 20.5 Å². The van der Waals surface area contributed by atoms with E-state index in [0.717, 1.165) is 30.7 Å². The molecule has 0 bridgehead atoms. The summed E-state index contributed by atoms with van der Waals surface area (Å²) in [5.74, 6) is 1.63. The molecule has 5 nitrogen and oxygen atoms in total. The summed E-state index contributed by atoms with van der Waals surface area (Å²) < 4.78 is 0. The van der Waals surface area contributed by atoms with Crippen molar-refractivity contribution in [2.75, 3.05) is 19.6 Å². The Hall–Kier alpha value is -1.67. The zero-order valence-corrected chi connectivity index (χ0v) is 19.9. The molecule has 1 saturated heterocycles. The lowest BCUT2D eigenvalue weighted by Gasteiger charge is -2.31. The van der Waals surface area contributed by atoms with E-state index >= 15 is 0 Å². The predicted octanol–water partition coefficient (Wildman–Crippen LogP) is 4.19. The molecule has 3 rings (SSSR count). The highest BCUT2D eigenvalue weighted by Gasteiger charge is 2.17. The van der Waals surface area contributed by atoms with Crippen LogP contribution in [0.4, 0.5) is 0 Å². The summed E-state index contributed by atoms with van der Waals surface area (Å²) >= 11 is 0. The third-order valence-electron chi connectivity index (χ3n) is 5.17. The maximum atomic E-state index is 4.82. The van der Waals surface area contributed by atoms with E-state index in [1.54, 1.807) is 0 Å². The molecule has 1 unspecified atom stereocenters. The number of benzene rings is 1. The van der Waals surface area contributed by atoms with Gasteiger partial charge in [0.1, 0.15) is 0 Å². The van der Waals surface area contributed by atoms with Crippen LogP contribution in [-0.4, -0.2) is 35.5 Å². The van der Waals surface area contributed by atoms with E-state index in [9.17, 15) is 0 Å². The summed E-state index contributed by atoms with van der Waals surface area (Å²) in [6.45, 7) is 10.1. The van der Waals surface area contributed by atoms with Crippen molar-refractivity contribution in [3.8, 4) is 0 Å². The molecule has 1 atom stereocenters. The molecule has 1 aliphatic rings. The SMILES string of the molecule is CCNC(=NCc1ccccc1CN1CCCC(C)C1)NCc1ccccn1.I. The molecule has 1 aliphatic heterocycles. The van der Waals surface area contributed by atoms with Gasteiger partial charge in [-0.25, -0.2) is 4.99 Å². The molecular weight excluding hydrogens is 473 g/mol. The highest BCUT2D eigenvalue weighted by molar-refractivity contribution is 14.0. The predicted molar refractivity (Wildman–Crippen MR) is 131 cm³/mol. The van der Waals surface area contributed by atoms with Gasteiger partial charge in [-0.05, 0) is 55.5 Å². The number of nitrogens with one attached hydrogen (secondary N) is 2. The van der Waals surface area contributed by atoms with Gasteiger partial charge in [-0.15, -0.1) is 24.0 Å². The van der Waals surface area contributed by atoms with Crippen LogP contribution >= 0.6 is 24.0 Å². The van der Waals surface area contributed by atoms with Crippen LogP contribution in [0.25, 0.3) is 0 Å². The lowest BCUT2D eigenvalue weighted by atomic mass is 9.99. The van der Waals surface area contributed by atoms with Gasteiger partial charge in [-0.3, -0.25) is 9.88 Å². The highest BCUT2D eigenvalue weighted by Crippen LogP contribution is 2.20. The minimum absolute atomic E-state index is 0. The Bertz CT molecular complexity index is 750. The van der Waals surface area contributed by atoms with Gasteiger partial charge >= 0.3 is 0 Å². The van der Waals surface area contributed by atoms with Crippen LogP contribution in [0.3, 0.4) is 0 Å². The van der Waals surface area contributed by atoms with Gasteiger partial charge in [0.05, 0.1) is 18.8 Å². The molecule has 1 aromatic carbocycles. The van der Waals surface area contributed by atoms with Crippen molar-refractivity contribution in [3.05, 3.63) is 65.5 Å². The normalized spacial score (nSPS) is 17.4. The molecule has 0 saturated carbocycles. The second-order valence-corrected chi connectivity index (χ2v) is 7.62. The second kappa shape index (κ2) is 12.8. The summed E-state index contributed by atoms with van der Waals surface area (Å²) in [5, 5.41) is 6.71. The van der Waals surface area contributed by atoms with E-state index in [4.69, 9.17) is 4.99 Å². The summed E-state index contributed by atoms with van der Waals surface area (Å²) in [6, 6.07) is 14.7. The zero-order chi connectivity index (χ0) is 19.6. The number of halogens is 1. The Morgan fingerprint density at radius 1 is 1.14 bits per heavy atom. The van der Waals surface area contributed by atoms with E-state index in [2.05, 4.69) is 58.6 Å². The van der Waals surface area contributed by atoms with Gasteiger partial charge in [-0.2, -0.15) is 0 Å². The van der Waals surface area contributed by atoms with Crippen molar-refractivity contribution in [2.24, 2.45) is 10.9 Å². The second-order valence-electron chi connectivity index (χ2n) is 7.62. The van der Waals surface area contributed by atoms with Crippen LogP contribution in [0, 0.1) is 5.92 Å². The number of likely N-dealkylation sites (tertiary alicyclic amines) is 1. The van der Waals surface area contributed by atoms with Crippen molar-refractivity contribution in [2.45, 2.75) is 46.3 Å². The van der Waals surface area contributed by atoms with Crippen molar-refractivity contribution in [1.29, 1.82) is 0 Å². The van der Waals surface area contributed by atoms with Crippen LogP contribution in [-0.2, 0) is 19.6 Å². The van der Waals surface area contributed by atoms with Gasteiger partial charge in [0.2, 0.25) is 0 Å². The van der Waals surface area contributed by atoms with E-state index in [-0.39, 0.29) is 24.0 Å². The fraction of sp³-hybridized carbons (Fsp3) is 0.478. The molecule has 0 aliphatic carbocycles. The third-order valence-corrected chi connectivity index (χ3v) is 5.17. The first-order valence-electron chi connectivity index (χ1n) is 10.5. The first-order valence-corrected chi connectivity index (χ1v) is 10.5. The molecule has 0 amide bonds. The monoisotopic (exact) mass is 507 g/mol. The van der Waals surface area contributed by atoms with Crippen molar-refractivity contribution >= 4 is 29.9 Å². The quantitative estimate of drug-likeness (QED) is 0.336. The molecule has 1 aromatic heterocycles. The van der Waals surface area contributed by atoms with Gasteiger partial charge in [-0.1, -0.05) is 37.3 Å². The molecule has 2 heterocycles. The molecular formula is C23H34IN5. The average molecular weight is 507 g/mol. The minimum Gasteiger partial charge on any atom is -0.357 e. The summed E-state index contributed by atoms with van der Waals surface area (Å²) in [5.41, 5.74) is 3.70. The van der Waals surface area contributed by atoms with Crippen LogP contribution < -0.4 is 10.6 Å². The number of piperidine rings is 1. The number of pyridine rings is 1. The van der Waals surface area contributed by atoms with Crippen LogP contribution in [0.2, 0.25) is 0 Å².